The van der Waals surface area contributed by atoms with E-state index in [1.54, 1.807) is 5.57 Å². The quantitative estimate of drug-likeness (QED) is 0.376. The predicted octanol–water partition coefficient (Wildman–Crippen LogP) is 8.66. The Morgan fingerprint density at radius 3 is 2.29 bits per heavy atom. The zero-order chi connectivity index (χ0) is 24.6. The summed E-state index contributed by atoms with van der Waals surface area (Å²) in [5, 5.41) is 21.3. The molecule has 0 spiro atoms. The van der Waals surface area contributed by atoms with E-state index in [1.807, 2.05) is 13.8 Å². The topological polar surface area (TPSA) is 40.5 Å². The molecule has 0 aliphatic heterocycles. The van der Waals surface area contributed by atoms with Gasteiger partial charge in [-0.05, 0) is 110 Å². The van der Waals surface area contributed by atoms with Gasteiger partial charge in [-0.3, -0.25) is 0 Å². The van der Waals surface area contributed by atoms with Crippen molar-refractivity contribution in [1.82, 2.24) is 0 Å². The summed E-state index contributed by atoms with van der Waals surface area (Å²) >= 11 is 0. The Labute approximate surface area is 213 Å². The lowest BCUT2D eigenvalue weighted by Gasteiger charge is -2.58. The van der Waals surface area contributed by atoms with Gasteiger partial charge in [-0.25, -0.2) is 0 Å². The van der Waals surface area contributed by atoms with E-state index in [0.717, 1.165) is 49.4 Å². The van der Waals surface area contributed by atoms with Crippen LogP contribution in [0.3, 0.4) is 0 Å². The second-order valence-electron chi connectivity index (χ2n) is 13.0. The highest BCUT2D eigenvalue weighted by atomic mass is 16.3. The number of aliphatic hydroxyl groups is 2. The minimum absolute atomic E-state index is 0. The highest BCUT2D eigenvalue weighted by molar-refractivity contribution is 5.25. The fourth-order valence-corrected chi connectivity index (χ4v) is 9.52. The monoisotopic (exact) mass is 476 g/mol. The van der Waals surface area contributed by atoms with Gasteiger partial charge < -0.3 is 10.2 Å². The summed E-state index contributed by atoms with van der Waals surface area (Å²) in [6.45, 7) is 18.4. The van der Waals surface area contributed by atoms with Crippen LogP contribution >= 0.6 is 0 Å². The largest absolute Gasteiger partial charge is 0.393 e. The lowest BCUT2D eigenvalue weighted by atomic mass is 9.47. The first-order chi connectivity index (χ1) is 15.6. The van der Waals surface area contributed by atoms with Crippen molar-refractivity contribution in [2.75, 3.05) is 0 Å². The molecule has 34 heavy (non-hydrogen) atoms. The van der Waals surface area contributed by atoms with E-state index in [4.69, 9.17) is 0 Å². The molecule has 3 saturated carbocycles. The van der Waals surface area contributed by atoms with Crippen LogP contribution in [0.2, 0.25) is 0 Å². The summed E-state index contributed by atoms with van der Waals surface area (Å²) in [7, 11) is 0. The average molecular weight is 477 g/mol. The first kappa shape index (κ1) is 29.9. The van der Waals surface area contributed by atoms with Crippen molar-refractivity contribution < 1.29 is 10.2 Å². The van der Waals surface area contributed by atoms with Crippen LogP contribution in [-0.4, -0.2) is 22.4 Å². The molecule has 2 N–H and O–H groups in total. The van der Waals surface area contributed by atoms with Crippen LogP contribution in [0.4, 0.5) is 0 Å². The molecule has 2 nitrogen and oxygen atoms in total. The molecule has 0 bridgehead atoms. The second-order valence-corrected chi connectivity index (χ2v) is 13.0. The molecule has 2 heteroatoms. The summed E-state index contributed by atoms with van der Waals surface area (Å²) in [6, 6.07) is 0. The SMILES string of the molecule is C.CC.CCC(C(C)C)[C@H](O)C[C@@H](C)C1CCC2C3CC=C4CC(O)CCC4(C)C3CCC21C. The number of fused-ring (bicyclic) bond motifs is 5. The zero-order valence-corrected chi connectivity index (χ0v) is 23.2. The molecule has 200 valence electrons. The normalized spacial score (nSPS) is 41.5. The van der Waals surface area contributed by atoms with Crippen LogP contribution in [0.1, 0.15) is 127 Å². The van der Waals surface area contributed by atoms with Crippen molar-refractivity contribution in [2.45, 2.75) is 139 Å². The van der Waals surface area contributed by atoms with Gasteiger partial charge in [0.2, 0.25) is 0 Å². The number of hydrogen-bond donors (Lipinski definition) is 2. The van der Waals surface area contributed by atoms with Gasteiger partial charge in [-0.1, -0.05) is 80.9 Å². The highest BCUT2D eigenvalue weighted by Crippen LogP contribution is 2.67. The molecule has 8 unspecified atom stereocenters. The third kappa shape index (κ3) is 5.20. The Kier molecular flexibility index (Phi) is 10.4. The van der Waals surface area contributed by atoms with Crippen molar-refractivity contribution in [3.63, 3.8) is 0 Å². The average Bonchev–Trinajstić information content (AvgIpc) is 3.13. The summed E-state index contributed by atoms with van der Waals surface area (Å²) < 4.78 is 0. The zero-order valence-electron chi connectivity index (χ0n) is 23.2. The molecule has 10 atom stereocenters. The van der Waals surface area contributed by atoms with E-state index < -0.39 is 0 Å². The summed E-state index contributed by atoms with van der Waals surface area (Å²) in [4.78, 5) is 0. The van der Waals surface area contributed by atoms with Gasteiger partial charge >= 0.3 is 0 Å². The van der Waals surface area contributed by atoms with E-state index in [2.05, 4.69) is 47.6 Å². The smallest absolute Gasteiger partial charge is 0.0577 e. The Balaban J connectivity index is 0.00000133. The maximum absolute atomic E-state index is 11.0. The van der Waals surface area contributed by atoms with Crippen LogP contribution in [-0.2, 0) is 0 Å². The molecule has 4 aliphatic rings. The van der Waals surface area contributed by atoms with Gasteiger partial charge in [0.1, 0.15) is 0 Å². The second kappa shape index (κ2) is 11.8. The van der Waals surface area contributed by atoms with Gasteiger partial charge in [0.25, 0.3) is 0 Å². The fourth-order valence-electron chi connectivity index (χ4n) is 9.52. The third-order valence-corrected chi connectivity index (χ3v) is 11.3. The van der Waals surface area contributed by atoms with E-state index in [-0.39, 0.29) is 19.6 Å². The summed E-state index contributed by atoms with van der Waals surface area (Å²) in [5.74, 6) is 4.89. The van der Waals surface area contributed by atoms with Crippen molar-refractivity contribution in [2.24, 2.45) is 52.3 Å². The van der Waals surface area contributed by atoms with E-state index in [1.165, 1.54) is 38.5 Å². The molecule has 0 radical (unpaired) electrons. The maximum atomic E-state index is 11.0. The molecule has 0 saturated heterocycles. The maximum Gasteiger partial charge on any atom is 0.0577 e. The Hall–Kier alpha value is -0.340. The standard InChI is InChI=1S/C29H50O2.C2H6.CH4/c1-7-22(18(2)3)27(31)16-19(4)24-10-11-25-23-9-8-20-17-21(30)12-14-28(20,5)26(23)13-15-29(24,25)6;1-2;/h8,18-19,21-27,30-31H,7,9-17H2,1-6H3;1-2H3;1H4/t19-,21?,22?,23?,24?,25?,26?,27-,28?,29?;;/m1../s1. The van der Waals surface area contributed by atoms with Crippen molar-refractivity contribution in [1.29, 1.82) is 0 Å². The van der Waals surface area contributed by atoms with Gasteiger partial charge in [0.15, 0.2) is 0 Å². The van der Waals surface area contributed by atoms with Crippen molar-refractivity contribution in [3.8, 4) is 0 Å². The van der Waals surface area contributed by atoms with Gasteiger partial charge in [-0.2, -0.15) is 0 Å². The van der Waals surface area contributed by atoms with Gasteiger partial charge in [-0.15, -0.1) is 0 Å². The van der Waals surface area contributed by atoms with Crippen LogP contribution < -0.4 is 0 Å². The molecule has 3 fully saturated rings. The number of hydrogen-bond acceptors (Lipinski definition) is 2. The molecule has 0 aromatic rings. The predicted molar refractivity (Wildman–Crippen MR) is 148 cm³/mol. The number of rotatable bonds is 6. The highest BCUT2D eigenvalue weighted by Gasteiger charge is 2.59. The van der Waals surface area contributed by atoms with E-state index in [9.17, 15) is 10.2 Å². The Morgan fingerprint density at radius 1 is 1.00 bits per heavy atom. The van der Waals surface area contributed by atoms with Gasteiger partial charge in [0.05, 0.1) is 12.2 Å². The summed E-state index contributed by atoms with van der Waals surface area (Å²) in [6.07, 6.45) is 14.2. The molecule has 4 rings (SSSR count). The lowest BCUT2D eigenvalue weighted by molar-refractivity contribution is -0.0613. The van der Waals surface area contributed by atoms with Crippen LogP contribution in [0.5, 0.6) is 0 Å². The number of aliphatic hydroxyl groups excluding tert-OH is 2. The first-order valence-electron chi connectivity index (χ1n) is 14.7. The van der Waals surface area contributed by atoms with Gasteiger partial charge in [0, 0.05) is 0 Å². The Morgan fingerprint density at radius 2 is 1.68 bits per heavy atom. The van der Waals surface area contributed by atoms with Crippen LogP contribution in [0.25, 0.3) is 0 Å². The molecular formula is C32H60O2. The molecule has 4 aliphatic carbocycles. The van der Waals surface area contributed by atoms with Crippen LogP contribution in [0.15, 0.2) is 11.6 Å². The lowest BCUT2D eigenvalue weighted by Crippen LogP contribution is -2.51. The molecular weight excluding hydrogens is 416 g/mol. The molecule has 0 heterocycles. The van der Waals surface area contributed by atoms with E-state index >= 15 is 0 Å². The fraction of sp³-hybridized carbons (Fsp3) is 0.938. The molecule has 0 amide bonds. The molecule has 0 aromatic carbocycles. The molecule has 0 aromatic heterocycles. The minimum Gasteiger partial charge on any atom is -0.393 e. The Bertz CT molecular complexity index is 668. The first-order valence-corrected chi connectivity index (χ1v) is 14.7. The van der Waals surface area contributed by atoms with Crippen molar-refractivity contribution in [3.05, 3.63) is 11.6 Å². The third-order valence-electron chi connectivity index (χ3n) is 11.3. The minimum atomic E-state index is -0.147. The van der Waals surface area contributed by atoms with E-state index in [0.29, 0.717) is 28.6 Å². The summed E-state index contributed by atoms with van der Waals surface area (Å²) in [5.41, 5.74) is 2.38. The van der Waals surface area contributed by atoms with Crippen molar-refractivity contribution >= 4 is 0 Å². The number of allylic oxidation sites excluding steroid dienone is 1. The van der Waals surface area contributed by atoms with Crippen LogP contribution in [0, 0.1) is 52.3 Å².